The van der Waals surface area contributed by atoms with Crippen molar-refractivity contribution in [3.8, 4) is 34.5 Å². The fraction of sp³-hybridized carbons (Fsp3) is 0.133. The first-order valence-corrected chi connectivity index (χ1v) is 16.4. The van der Waals surface area contributed by atoms with Gasteiger partial charge < -0.3 is 30.4 Å². The predicted molar refractivity (Wildman–Crippen MR) is 199 cm³/mol. The van der Waals surface area contributed by atoms with Gasteiger partial charge in [-0.2, -0.15) is 0 Å². The van der Waals surface area contributed by atoms with E-state index in [1.165, 1.54) is 0 Å². The minimum Gasteiger partial charge on any atom is -0.495 e. The van der Waals surface area contributed by atoms with Crippen LogP contribution in [0.3, 0.4) is 0 Å². The van der Waals surface area contributed by atoms with Gasteiger partial charge in [-0.3, -0.25) is 9.59 Å². The van der Waals surface area contributed by atoms with Crippen LogP contribution in [0.1, 0.15) is 34.6 Å². The monoisotopic (exact) mass is 1020 g/mol. The number of hydrogen-bond acceptors (Lipinski definition) is 8. The highest BCUT2D eigenvalue weighted by Crippen LogP contribution is 2.36. The zero-order valence-corrected chi connectivity index (χ0v) is 31.5. The van der Waals surface area contributed by atoms with Crippen molar-refractivity contribution >= 4 is 113 Å². The van der Waals surface area contributed by atoms with Gasteiger partial charge in [-0.25, -0.2) is 0 Å². The van der Waals surface area contributed by atoms with Crippen LogP contribution in [0.15, 0.2) is 60.7 Å². The zero-order chi connectivity index (χ0) is 31.1. The molecular weight excluding hydrogens is 992 g/mol. The van der Waals surface area contributed by atoms with Gasteiger partial charge in [-0.1, -0.05) is 0 Å². The maximum absolute atomic E-state index is 11.5. The summed E-state index contributed by atoms with van der Waals surface area (Å²) in [7, 11) is 3.14. The third kappa shape index (κ3) is 8.98. The Morgan fingerprint density at radius 2 is 0.881 bits per heavy atom. The fourth-order valence-corrected chi connectivity index (χ4v) is 7.49. The maximum Gasteiger partial charge on any atom is 0.159 e. The number of benzene rings is 4. The van der Waals surface area contributed by atoms with Gasteiger partial charge in [0.25, 0.3) is 0 Å². The van der Waals surface area contributed by atoms with Crippen LogP contribution in [0.5, 0.6) is 34.5 Å². The number of halogens is 4. The van der Waals surface area contributed by atoms with Gasteiger partial charge in [-0.15, -0.1) is 0 Å². The third-order valence-corrected chi connectivity index (χ3v) is 8.86. The molecule has 8 nitrogen and oxygen atoms in total. The Labute approximate surface area is 298 Å². The van der Waals surface area contributed by atoms with E-state index in [2.05, 4.69) is 90.4 Å². The minimum atomic E-state index is 0.0334. The molecule has 0 amide bonds. The van der Waals surface area contributed by atoms with E-state index in [4.69, 9.17) is 30.4 Å². The van der Waals surface area contributed by atoms with E-state index < -0.39 is 0 Å². The number of methoxy groups -OCH3 is 2. The molecule has 4 aromatic rings. The standard InChI is InChI=1S/2C15H13I2NO3/c2*1-8(19)9-5-11(16)15(12(17)6-9)21-10-3-4-14(20-2)13(18)7-10/h2*3-7H,18H2,1-2H3. The van der Waals surface area contributed by atoms with Gasteiger partial charge in [0.2, 0.25) is 0 Å². The molecule has 0 fully saturated rings. The second kappa shape index (κ2) is 15.6. The number of carbonyl (C=O) groups is 2. The molecule has 0 aromatic heterocycles. The third-order valence-electron chi connectivity index (χ3n) is 5.65. The number of nitrogens with two attached hydrogens (primary N) is 2. The summed E-state index contributed by atoms with van der Waals surface area (Å²) in [5.74, 6) is 3.96. The minimum absolute atomic E-state index is 0.0334. The van der Waals surface area contributed by atoms with Gasteiger partial charge in [0, 0.05) is 23.3 Å². The summed E-state index contributed by atoms with van der Waals surface area (Å²) in [6.07, 6.45) is 0. The van der Waals surface area contributed by atoms with E-state index in [9.17, 15) is 9.59 Å². The van der Waals surface area contributed by atoms with Crippen LogP contribution in [0.25, 0.3) is 0 Å². The molecule has 0 unspecified atom stereocenters. The number of ketones is 2. The first-order chi connectivity index (χ1) is 19.8. The normalized spacial score (nSPS) is 10.3. The molecule has 4 aromatic carbocycles. The van der Waals surface area contributed by atoms with Gasteiger partial charge in [0.05, 0.1) is 39.9 Å². The van der Waals surface area contributed by atoms with Gasteiger partial charge in [0.15, 0.2) is 23.1 Å². The summed E-state index contributed by atoms with van der Waals surface area (Å²) >= 11 is 8.63. The summed E-state index contributed by atoms with van der Waals surface area (Å²) < 4.78 is 25.5. The average Bonchev–Trinajstić information content (AvgIpc) is 2.93. The second-order valence-corrected chi connectivity index (χ2v) is 13.3. The molecule has 0 spiro atoms. The molecule has 0 atom stereocenters. The van der Waals surface area contributed by atoms with Crippen molar-refractivity contribution in [1.29, 1.82) is 0 Å². The van der Waals surface area contributed by atoms with E-state index in [1.807, 2.05) is 24.3 Å². The van der Waals surface area contributed by atoms with Crippen molar-refractivity contribution < 1.29 is 28.5 Å². The molecule has 0 aliphatic rings. The number of rotatable bonds is 8. The molecule has 0 aliphatic carbocycles. The van der Waals surface area contributed by atoms with Crippen LogP contribution in [-0.4, -0.2) is 25.8 Å². The van der Waals surface area contributed by atoms with Crippen molar-refractivity contribution in [1.82, 2.24) is 0 Å². The van der Waals surface area contributed by atoms with Crippen LogP contribution < -0.4 is 30.4 Å². The highest BCUT2D eigenvalue weighted by molar-refractivity contribution is 14.1. The van der Waals surface area contributed by atoms with Crippen molar-refractivity contribution in [2.75, 3.05) is 25.7 Å². The zero-order valence-electron chi connectivity index (χ0n) is 22.9. The number of hydrogen-bond donors (Lipinski definition) is 2. The SMILES string of the molecule is COc1ccc(Oc2c(I)cc(C(C)=O)cc2I)cc1N.COc1ccc(Oc2c(I)cc(C(C)=O)cc2I)cc1N. The molecule has 0 saturated carbocycles. The molecule has 12 heteroatoms. The van der Waals surface area contributed by atoms with Crippen molar-refractivity contribution in [2.24, 2.45) is 0 Å². The lowest BCUT2D eigenvalue weighted by Crippen LogP contribution is -1.98. The molecule has 0 heterocycles. The summed E-state index contributed by atoms with van der Waals surface area (Å²) in [5, 5.41) is 0. The highest BCUT2D eigenvalue weighted by Gasteiger charge is 2.14. The van der Waals surface area contributed by atoms with Crippen molar-refractivity contribution in [3.63, 3.8) is 0 Å². The van der Waals surface area contributed by atoms with Crippen LogP contribution in [0.2, 0.25) is 0 Å². The Morgan fingerprint density at radius 3 is 1.12 bits per heavy atom. The van der Waals surface area contributed by atoms with Gasteiger partial charge in [-0.05, 0) is 153 Å². The second-order valence-electron chi connectivity index (χ2n) is 8.66. The molecule has 4 rings (SSSR count). The highest BCUT2D eigenvalue weighted by atomic mass is 127. The smallest absolute Gasteiger partial charge is 0.159 e. The van der Waals surface area contributed by atoms with E-state index >= 15 is 0 Å². The quantitative estimate of drug-likeness (QED) is 0.102. The molecule has 0 aliphatic heterocycles. The Morgan fingerprint density at radius 1 is 0.571 bits per heavy atom. The Kier molecular flexibility index (Phi) is 12.8. The molecule has 0 radical (unpaired) electrons. The molecule has 0 bridgehead atoms. The number of Topliss-reactive ketones (excluding diaryl/α,β-unsaturated/α-hetero) is 2. The first-order valence-electron chi connectivity index (χ1n) is 12.1. The van der Waals surface area contributed by atoms with Crippen LogP contribution in [0.4, 0.5) is 11.4 Å². The van der Waals surface area contributed by atoms with Crippen molar-refractivity contribution in [2.45, 2.75) is 13.8 Å². The van der Waals surface area contributed by atoms with Crippen molar-refractivity contribution in [3.05, 3.63) is 86.1 Å². The number of ether oxygens (including phenoxy) is 4. The topological polar surface area (TPSA) is 123 Å². The number of anilines is 2. The lowest BCUT2D eigenvalue weighted by molar-refractivity contribution is 0.100. The average molecular weight is 1020 g/mol. The molecule has 0 saturated heterocycles. The summed E-state index contributed by atoms with van der Waals surface area (Å²) in [6, 6.07) is 17.8. The summed E-state index contributed by atoms with van der Waals surface area (Å²) in [5.41, 5.74) is 14.1. The predicted octanol–water partition coefficient (Wildman–Crippen LogP) is 8.96. The van der Waals surface area contributed by atoms with Crippen LogP contribution in [-0.2, 0) is 0 Å². The van der Waals surface area contributed by atoms with E-state index in [1.54, 1.807) is 64.5 Å². The molecule has 4 N–H and O–H groups in total. The van der Waals surface area contributed by atoms with Gasteiger partial charge in [0.1, 0.15) is 23.0 Å². The maximum atomic E-state index is 11.5. The van der Waals surface area contributed by atoms with Crippen LogP contribution >= 0.6 is 90.4 Å². The first kappa shape index (κ1) is 34.4. The Bertz CT molecular complexity index is 1480. The lowest BCUT2D eigenvalue weighted by atomic mass is 10.1. The van der Waals surface area contributed by atoms with Crippen LogP contribution in [0, 0.1) is 14.3 Å². The van der Waals surface area contributed by atoms with E-state index in [-0.39, 0.29) is 11.6 Å². The van der Waals surface area contributed by atoms with E-state index in [0.29, 0.717) is 57.0 Å². The number of carbonyl (C=O) groups excluding carboxylic acids is 2. The van der Waals surface area contributed by atoms with Gasteiger partial charge >= 0.3 is 0 Å². The molecule has 42 heavy (non-hydrogen) atoms. The molecular formula is C30H26I4N2O6. The number of nitrogen functional groups attached to an aromatic ring is 2. The Balaban J connectivity index is 0.000000230. The van der Waals surface area contributed by atoms with E-state index in [0.717, 1.165) is 14.3 Å². The molecule has 220 valence electrons. The fourth-order valence-electron chi connectivity index (χ4n) is 3.51. The summed E-state index contributed by atoms with van der Waals surface area (Å²) in [4.78, 5) is 22.9. The summed E-state index contributed by atoms with van der Waals surface area (Å²) in [6.45, 7) is 3.10. The lowest BCUT2D eigenvalue weighted by Gasteiger charge is -2.12. The Hall–Kier alpha value is -2.06. The largest absolute Gasteiger partial charge is 0.495 e.